The minimum Gasteiger partial charge on any atom is -0.493 e. The standard InChI is InChI=1S/C26H27ClO6/c1-31-24(26(29)30)17-18-8-13-23(22(27)16-18)33-15-5-14-32-21-11-9-20(10-12-21)25(28)19-6-3-2-4-7-19/h2-4,6-13,16,24,26,29-30H,5,14-15,17H2,1H3/t24-/m0/s1. The van der Waals surface area contributed by atoms with Gasteiger partial charge in [0, 0.05) is 31.1 Å². The van der Waals surface area contributed by atoms with Crippen LogP contribution in [0.3, 0.4) is 0 Å². The summed E-state index contributed by atoms with van der Waals surface area (Å²) in [7, 11) is 1.42. The first-order valence-electron chi connectivity index (χ1n) is 10.6. The fourth-order valence-corrected chi connectivity index (χ4v) is 3.48. The molecular formula is C26H27ClO6. The van der Waals surface area contributed by atoms with Crippen LogP contribution in [0.15, 0.2) is 72.8 Å². The molecule has 0 aromatic heterocycles. The minimum absolute atomic E-state index is 0.0243. The van der Waals surface area contributed by atoms with E-state index in [9.17, 15) is 15.0 Å². The summed E-state index contributed by atoms with van der Waals surface area (Å²) in [5.41, 5.74) is 2.07. The highest BCUT2D eigenvalue weighted by Gasteiger charge is 2.17. The lowest BCUT2D eigenvalue weighted by atomic mass is 10.0. The van der Waals surface area contributed by atoms with Gasteiger partial charge in [-0.2, -0.15) is 0 Å². The van der Waals surface area contributed by atoms with E-state index in [1.165, 1.54) is 7.11 Å². The summed E-state index contributed by atoms with van der Waals surface area (Å²) >= 11 is 6.28. The largest absolute Gasteiger partial charge is 0.493 e. The Labute approximate surface area is 198 Å². The number of hydrogen-bond acceptors (Lipinski definition) is 6. The second-order valence-corrected chi connectivity index (χ2v) is 7.83. The third kappa shape index (κ3) is 7.30. The average Bonchev–Trinajstić information content (AvgIpc) is 2.83. The van der Waals surface area contributed by atoms with Gasteiger partial charge in [-0.25, -0.2) is 0 Å². The van der Waals surface area contributed by atoms with Crippen molar-refractivity contribution in [1.82, 2.24) is 0 Å². The Balaban J connectivity index is 1.42. The maximum Gasteiger partial charge on any atom is 0.193 e. The van der Waals surface area contributed by atoms with E-state index in [-0.39, 0.29) is 5.78 Å². The fourth-order valence-electron chi connectivity index (χ4n) is 3.22. The van der Waals surface area contributed by atoms with Crippen molar-refractivity contribution in [3.8, 4) is 11.5 Å². The van der Waals surface area contributed by atoms with Gasteiger partial charge in [-0.1, -0.05) is 48.0 Å². The highest BCUT2D eigenvalue weighted by Crippen LogP contribution is 2.26. The van der Waals surface area contributed by atoms with Crippen LogP contribution >= 0.6 is 11.6 Å². The van der Waals surface area contributed by atoms with Gasteiger partial charge in [-0.05, 0) is 42.0 Å². The summed E-state index contributed by atoms with van der Waals surface area (Å²) in [6.07, 6.45) is -1.33. The minimum atomic E-state index is -1.56. The monoisotopic (exact) mass is 470 g/mol. The van der Waals surface area contributed by atoms with Crippen molar-refractivity contribution in [2.75, 3.05) is 20.3 Å². The molecule has 3 aromatic carbocycles. The second-order valence-electron chi connectivity index (χ2n) is 7.43. The zero-order chi connectivity index (χ0) is 23.6. The van der Waals surface area contributed by atoms with E-state index >= 15 is 0 Å². The maximum atomic E-state index is 12.4. The second kappa shape index (κ2) is 12.4. The Hall–Kier alpha value is -2.90. The van der Waals surface area contributed by atoms with Crippen molar-refractivity contribution < 1.29 is 29.2 Å². The molecule has 2 N–H and O–H groups in total. The molecule has 33 heavy (non-hydrogen) atoms. The smallest absolute Gasteiger partial charge is 0.193 e. The van der Waals surface area contributed by atoms with Gasteiger partial charge in [0.15, 0.2) is 12.1 Å². The Bertz CT molecular complexity index is 1020. The van der Waals surface area contributed by atoms with Gasteiger partial charge in [-0.3, -0.25) is 4.79 Å². The number of methoxy groups -OCH3 is 1. The highest BCUT2D eigenvalue weighted by molar-refractivity contribution is 6.32. The molecule has 0 bridgehead atoms. The van der Waals surface area contributed by atoms with Gasteiger partial charge in [0.2, 0.25) is 0 Å². The molecule has 6 nitrogen and oxygen atoms in total. The first kappa shape index (κ1) is 24.7. The number of halogens is 1. The topological polar surface area (TPSA) is 85.2 Å². The molecule has 0 fully saturated rings. The first-order chi connectivity index (χ1) is 16.0. The third-order valence-electron chi connectivity index (χ3n) is 5.04. The zero-order valence-corrected chi connectivity index (χ0v) is 19.1. The SMILES string of the molecule is CO[C@@H](Cc1ccc(OCCCOc2ccc(C(=O)c3ccccc3)cc2)c(Cl)c1)C(O)O. The van der Waals surface area contributed by atoms with E-state index in [4.69, 9.17) is 25.8 Å². The van der Waals surface area contributed by atoms with Gasteiger partial charge >= 0.3 is 0 Å². The van der Waals surface area contributed by atoms with E-state index in [2.05, 4.69) is 0 Å². The summed E-state index contributed by atoms with van der Waals surface area (Å²) in [5, 5.41) is 19.0. The Morgan fingerprint density at radius 1 is 0.909 bits per heavy atom. The van der Waals surface area contributed by atoms with E-state index in [1.807, 2.05) is 24.3 Å². The summed E-state index contributed by atoms with van der Waals surface area (Å²) in [5.74, 6) is 1.20. The number of rotatable bonds is 12. The van der Waals surface area contributed by atoms with Gasteiger partial charge in [0.1, 0.15) is 17.6 Å². The van der Waals surface area contributed by atoms with Crippen molar-refractivity contribution in [1.29, 1.82) is 0 Å². The van der Waals surface area contributed by atoms with E-state index < -0.39 is 12.4 Å². The molecule has 0 aliphatic carbocycles. The molecule has 3 aromatic rings. The molecule has 3 rings (SSSR count). The number of carbonyl (C=O) groups excluding carboxylic acids is 1. The average molecular weight is 471 g/mol. The number of carbonyl (C=O) groups is 1. The fraction of sp³-hybridized carbons (Fsp3) is 0.269. The summed E-state index contributed by atoms with van der Waals surface area (Å²) in [6, 6.07) is 21.5. The Morgan fingerprint density at radius 2 is 1.58 bits per heavy atom. The van der Waals surface area contributed by atoms with Crippen LogP contribution in [-0.4, -0.2) is 48.7 Å². The number of ether oxygens (including phenoxy) is 3. The van der Waals surface area contributed by atoms with Crippen LogP contribution in [0.2, 0.25) is 5.02 Å². The summed E-state index contributed by atoms with van der Waals surface area (Å²) in [4.78, 5) is 12.4. The Morgan fingerprint density at radius 3 is 2.21 bits per heavy atom. The molecule has 0 amide bonds. The zero-order valence-electron chi connectivity index (χ0n) is 18.3. The molecule has 0 radical (unpaired) electrons. The van der Waals surface area contributed by atoms with Crippen LogP contribution in [0.1, 0.15) is 27.9 Å². The predicted octanol–water partition coefficient (Wildman–Crippen LogP) is 4.29. The Kier molecular flexibility index (Phi) is 9.27. The van der Waals surface area contributed by atoms with Crippen molar-refractivity contribution >= 4 is 17.4 Å². The maximum absolute atomic E-state index is 12.4. The van der Waals surface area contributed by atoms with Crippen molar-refractivity contribution in [2.45, 2.75) is 25.2 Å². The van der Waals surface area contributed by atoms with Crippen LogP contribution in [-0.2, 0) is 11.2 Å². The molecule has 0 spiro atoms. The van der Waals surface area contributed by atoms with E-state index in [1.54, 1.807) is 48.5 Å². The molecule has 174 valence electrons. The van der Waals surface area contributed by atoms with Gasteiger partial charge in [-0.15, -0.1) is 0 Å². The van der Waals surface area contributed by atoms with Gasteiger partial charge < -0.3 is 24.4 Å². The summed E-state index contributed by atoms with van der Waals surface area (Å²) in [6.45, 7) is 0.866. The van der Waals surface area contributed by atoms with Crippen molar-refractivity contribution in [3.05, 3.63) is 94.5 Å². The third-order valence-corrected chi connectivity index (χ3v) is 5.33. The van der Waals surface area contributed by atoms with E-state index in [0.29, 0.717) is 53.7 Å². The van der Waals surface area contributed by atoms with Crippen LogP contribution < -0.4 is 9.47 Å². The van der Waals surface area contributed by atoms with Crippen molar-refractivity contribution in [3.63, 3.8) is 0 Å². The van der Waals surface area contributed by atoms with Crippen LogP contribution in [0.5, 0.6) is 11.5 Å². The lowest BCUT2D eigenvalue weighted by molar-refractivity contribution is -0.133. The summed E-state index contributed by atoms with van der Waals surface area (Å²) < 4.78 is 16.5. The molecule has 0 saturated carbocycles. The molecule has 7 heteroatoms. The lowest BCUT2D eigenvalue weighted by Gasteiger charge is -2.17. The molecule has 0 aliphatic heterocycles. The quantitative estimate of drug-likeness (QED) is 0.233. The number of aliphatic hydroxyl groups excluding tert-OH is 1. The van der Waals surface area contributed by atoms with Crippen LogP contribution in [0, 0.1) is 0 Å². The molecular weight excluding hydrogens is 444 g/mol. The number of hydrogen-bond donors (Lipinski definition) is 2. The molecule has 0 aliphatic rings. The number of benzene rings is 3. The molecule has 1 atom stereocenters. The van der Waals surface area contributed by atoms with Crippen LogP contribution in [0.25, 0.3) is 0 Å². The normalized spacial score (nSPS) is 11.9. The first-order valence-corrected chi connectivity index (χ1v) is 11.0. The van der Waals surface area contributed by atoms with Crippen molar-refractivity contribution in [2.24, 2.45) is 0 Å². The van der Waals surface area contributed by atoms with Gasteiger partial charge in [0.25, 0.3) is 0 Å². The molecule has 0 heterocycles. The van der Waals surface area contributed by atoms with E-state index in [0.717, 1.165) is 5.56 Å². The lowest BCUT2D eigenvalue weighted by Crippen LogP contribution is -2.29. The van der Waals surface area contributed by atoms with Crippen LogP contribution in [0.4, 0.5) is 0 Å². The molecule has 0 unspecified atom stereocenters. The predicted molar refractivity (Wildman–Crippen MR) is 126 cm³/mol. The van der Waals surface area contributed by atoms with Gasteiger partial charge in [0.05, 0.1) is 18.2 Å². The number of ketones is 1. The highest BCUT2D eigenvalue weighted by atomic mass is 35.5. The number of aliphatic hydroxyl groups is 2. The molecule has 0 saturated heterocycles.